The summed E-state index contributed by atoms with van der Waals surface area (Å²) in [5.74, 6) is 0. The summed E-state index contributed by atoms with van der Waals surface area (Å²) in [7, 11) is 0. The average molecular weight is 287 g/mol. The van der Waals surface area contributed by atoms with Gasteiger partial charge in [0.25, 0.3) is 0 Å². The Kier molecular flexibility index (Phi) is 11.9. The molecule has 0 saturated heterocycles. The minimum Gasteiger partial charge on any atom is -0.0885 e. The van der Waals surface area contributed by atoms with E-state index in [9.17, 15) is 0 Å². The van der Waals surface area contributed by atoms with E-state index in [1.807, 2.05) is 0 Å². The standard InChI is InChI=1S/C21H34/c1-2-3-4-5-6-7-8-9-10-11-12-13-15-18-21-19-16-14-17-20-21/h11-12,14,16-17,19-20H,2-10,13,15,18H2,1H3. The molecule has 0 aliphatic carbocycles. The Balaban J connectivity index is 1.83. The summed E-state index contributed by atoms with van der Waals surface area (Å²) < 4.78 is 0. The van der Waals surface area contributed by atoms with Gasteiger partial charge in [-0.2, -0.15) is 0 Å². The number of rotatable bonds is 13. The summed E-state index contributed by atoms with van der Waals surface area (Å²) in [6.07, 6.45) is 21.1. The van der Waals surface area contributed by atoms with Gasteiger partial charge in [0.1, 0.15) is 0 Å². The SMILES string of the molecule is CCCCCCCCCCC=CCCCc1ccccc1. The smallest absolute Gasteiger partial charge is 0.0276 e. The molecule has 1 rings (SSSR count). The number of hydrogen-bond donors (Lipinski definition) is 0. The molecule has 0 unspecified atom stereocenters. The molecule has 1 aromatic carbocycles. The summed E-state index contributed by atoms with van der Waals surface area (Å²) in [6, 6.07) is 10.8. The van der Waals surface area contributed by atoms with Crippen LogP contribution in [0.15, 0.2) is 42.5 Å². The van der Waals surface area contributed by atoms with Crippen LogP contribution in [0.1, 0.15) is 83.1 Å². The van der Waals surface area contributed by atoms with Gasteiger partial charge >= 0.3 is 0 Å². The molecule has 0 nitrogen and oxygen atoms in total. The van der Waals surface area contributed by atoms with E-state index in [0.717, 1.165) is 0 Å². The van der Waals surface area contributed by atoms with Gasteiger partial charge in [-0.25, -0.2) is 0 Å². The Morgan fingerprint density at radius 2 is 1.24 bits per heavy atom. The fraction of sp³-hybridized carbons (Fsp3) is 0.619. The van der Waals surface area contributed by atoms with Crippen LogP contribution in [0.4, 0.5) is 0 Å². The molecule has 0 aliphatic heterocycles. The number of benzene rings is 1. The molecule has 0 heteroatoms. The minimum atomic E-state index is 1.21. The van der Waals surface area contributed by atoms with Crippen LogP contribution in [0.3, 0.4) is 0 Å². The van der Waals surface area contributed by atoms with Crippen LogP contribution in [-0.4, -0.2) is 0 Å². The average Bonchev–Trinajstić information content (AvgIpc) is 2.53. The summed E-state index contributed by atoms with van der Waals surface area (Å²) in [5, 5.41) is 0. The van der Waals surface area contributed by atoms with Crippen LogP contribution in [0.2, 0.25) is 0 Å². The second-order valence-corrected chi connectivity index (χ2v) is 6.11. The maximum atomic E-state index is 2.39. The Labute approximate surface area is 132 Å². The third-order valence-electron chi connectivity index (χ3n) is 4.07. The molecule has 0 fully saturated rings. The van der Waals surface area contributed by atoms with Crippen molar-refractivity contribution in [3.8, 4) is 0 Å². The fourth-order valence-corrected chi connectivity index (χ4v) is 2.70. The van der Waals surface area contributed by atoms with Crippen LogP contribution in [0.5, 0.6) is 0 Å². The molecule has 0 heterocycles. The molecule has 0 amide bonds. The van der Waals surface area contributed by atoms with Gasteiger partial charge in [0, 0.05) is 0 Å². The quantitative estimate of drug-likeness (QED) is 0.268. The van der Waals surface area contributed by atoms with Crippen LogP contribution in [0.25, 0.3) is 0 Å². The molecule has 0 radical (unpaired) electrons. The molecule has 0 bridgehead atoms. The van der Waals surface area contributed by atoms with Gasteiger partial charge in [0.05, 0.1) is 0 Å². The number of allylic oxidation sites excluding steroid dienone is 2. The first-order chi connectivity index (χ1) is 10.4. The molecule has 0 spiro atoms. The monoisotopic (exact) mass is 286 g/mol. The first-order valence-electron chi connectivity index (χ1n) is 9.12. The van der Waals surface area contributed by atoms with E-state index in [-0.39, 0.29) is 0 Å². The predicted molar refractivity (Wildman–Crippen MR) is 95.7 cm³/mol. The molecule has 118 valence electrons. The van der Waals surface area contributed by atoms with Crippen molar-refractivity contribution in [3.05, 3.63) is 48.0 Å². The lowest BCUT2D eigenvalue weighted by Gasteiger charge is -2.00. The van der Waals surface area contributed by atoms with Crippen molar-refractivity contribution in [1.82, 2.24) is 0 Å². The summed E-state index contributed by atoms with van der Waals surface area (Å²) in [6.45, 7) is 2.28. The van der Waals surface area contributed by atoms with Crippen molar-refractivity contribution in [2.75, 3.05) is 0 Å². The van der Waals surface area contributed by atoms with Crippen LogP contribution < -0.4 is 0 Å². The van der Waals surface area contributed by atoms with Crippen molar-refractivity contribution in [2.45, 2.75) is 84.0 Å². The molecule has 0 N–H and O–H groups in total. The van der Waals surface area contributed by atoms with Crippen molar-refractivity contribution < 1.29 is 0 Å². The van der Waals surface area contributed by atoms with Crippen molar-refractivity contribution in [3.63, 3.8) is 0 Å². The molecule has 0 aromatic heterocycles. The summed E-state index contributed by atoms with van der Waals surface area (Å²) in [5.41, 5.74) is 1.47. The highest BCUT2D eigenvalue weighted by molar-refractivity contribution is 5.14. The maximum Gasteiger partial charge on any atom is -0.0276 e. The zero-order valence-corrected chi connectivity index (χ0v) is 14.0. The molecule has 0 saturated carbocycles. The van der Waals surface area contributed by atoms with Gasteiger partial charge in [-0.15, -0.1) is 0 Å². The van der Waals surface area contributed by atoms with E-state index in [1.54, 1.807) is 0 Å². The predicted octanol–water partition coefficient (Wildman–Crippen LogP) is 7.10. The first kappa shape index (κ1) is 18.0. The van der Waals surface area contributed by atoms with E-state index >= 15 is 0 Å². The Morgan fingerprint density at radius 1 is 0.667 bits per heavy atom. The van der Waals surface area contributed by atoms with E-state index in [1.165, 1.54) is 82.6 Å². The Morgan fingerprint density at radius 3 is 1.90 bits per heavy atom. The lowest BCUT2D eigenvalue weighted by molar-refractivity contribution is 0.577. The molecule has 0 aliphatic rings. The summed E-state index contributed by atoms with van der Waals surface area (Å²) >= 11 is 0. The lowest BCUT2D eigenvalue weighted by atomic mass is 10.1. The number of aryl methyl sites for hydroxylation is 1. The summed E-state index contributed by atoms with van der Waals surface area (Å²) in [4.78, 5) is 0. The Bertz CT molecular complexity index is 336. The van der Waals surface area contributed by atoms with Crippen molar-refractivity contribution in [1.29, 1.82) is 0 Å². The lowest BCUT2D eigenvalue weighted by Crippen LogP contribution is -1.83. The van der Waals surface area contributed by atoms with Gasteiger partial charge < -0.3 is 0 Å². The second-order valence-electron chi connectivity index (χ2n) is 6.11. The molecule has 0 atom stereocenters. The van der Waals surface area contributed by atoms with E-state index in [2.05, 4.69) is 49.4 Å². The van der Waals surface area contributed by atoms with Gasteiger partial charge in [-0.1, -0.05) is 94.4 Å². The van der Waals surface area contributed by atoms with Gasteiger partial charge in [-0.3, -0.25) is 0 Å². The van der Waals surface area contributed by atoms with Crippen molar-refractivity contribution in [2.24, 2.45) is 0 Å². The van der Waals surface area contributed by atoms with Crippen LogP contribution in [-0.2, 0) is 6.42 Å². The highest BCUT2D eigenvalue weighted by Crippen LogP contribution is 2.10. The highest BCUT2D eigenvalue weighted by Gasteiger charge is 1.91. The van der Waals surface area contributed by atoms with Gasteiger partial charge in [-0.05, 0) is 37.7 Å². The fourth-order valence-electron chi connectivity index (χ4n) is 2.70. The first-order valence-corrected chi connectivity index (χ1v) is 9.12. The normalized spacial score (nSPS) is 11.3. The van der Waals surface area contributed by atoms with E-state index in [0.29, 0.717) is 0 Å². The maximum absolute atomic E-state index is 2.39. The molecular weight excluding hydrogens is 252 g/mol. The van der Waals surface area contributed by atoms with Gasteiger partial charge in [0.15, 0.2) is 0 Å². The van der Waals surface area contributed by atoms with E-state index < -0.39 is 0 Å². The Hall–Kier alpha value is -1.04. The van der Waals surface area contributed by atoms with Crippen molar-refractivity contribution >= 4 is 0 Å². The second kappa shape index (κ2) is 13.9. The number of hydrogen-bond acceptors (Lipinski definition) is 0. The van der Waals surface area contributed by atoms with E-state index in [4.69, 9.17) is 0 Å². The molecule has 1 aromatic rings. The zero-order valence-electron chi connectivity index (χ0n) is 14.0. The topological polar surface area (TPSA) is 0 Å². The largest absolute Gasteiger partial charge is 0.0885 e. The van der Waals surface area contributed by atoms with Gasteiger partial charge in [0.2, 0.25) is 0 Å². The zero-order chi connectivity index (χ0) is 15.0. The molecular formula is C21H34. The molecule has 21 heavy (non-hydrogen) atoms. The minimum absolute atomic E-state index is 1.21. The highest BCUT2D eigenvalue weighted by atomic mass is 14.0. The van der Waals surface area contributed by atoms with Crippen LogP contribution >= 0.6 is 0 Å². The van der Waals surface area contributed by atoms with Crippen LogP contribution in [0, 0.1) is 0 Å². The third kappa shape index (κ3) is 11.3. The third-order valence-corrected chi connectivity index (χ3v) is 4.07. The number of unbranched alkanes of at least 4 members (excludes halogenated alkanes) is 9.